The molecule has 0 rings (SSSR count). The number of ether oxygens (including phenoxy) is 1. The third-order valence-electron chi connectivity index (χ3n) is 13.2. The monoisotopic (exact) mass is 864 g/mol. The van der Waals surface area contributed by atoms with Crippen LogP contribution in [0, 0.1) is 0 Å². The first kappa shape index (κ1) is 59.9. The van der Waals surface area contributed by atoms with Crippen molar-refractivity contribution in [2.24, 2.45) is 0 Å². The number of amides is 1. The van der Waals surface area contributed by atoms with Crippen LogP contribution in [0.1, 0.15) is 316 Å². The van der Waals surface area contributed by atoms with Crippen LogP contribution in [0.25, 0.3) is 0 Å². The maximum Gasteiger partial charge on any atom is 0.305 e. The van der Waals surface area contributed by atoms with Crippen LogP contribution in [-0.4, -0.2) is 47.4 Å². The fourth-order valence-corrected chi connectivity index (χ4v) is 8.88. The highest BCUT2D eigenvalue weighted by atomic mass is 16.5. The highest BCUT2D eigenvalue weighted by Crippen LogP contribution is 2.18. The van der Waals surface area contributed by atoms with E-state index in [1.807, 2.05) is 0 Å². The van der Waals surface area contributed by atoms with E-state index in [2.05, 4.69) is 19.2 Å². The first-order valence-corrected chi connectivity index (χ1v) is 27.8. The van der Waals surface area contributed by atoms with Gasteiger partial charge in [0, 0.05) is 12.8 Å². The number of carbonyl (C=O) groups excluding carboxylic acids is 2. The molecule has 0 aromatic carbocycles. The quantitative estimate of drug-likeness (QED) is 0.0418. The average Bonchev–Trinajstić information content (AvgIpc) is 3.26. The lowest BCUT2D eigenvalue weighted by Crippen LogP contribution is -2.45. The van der Waals surface area contributed by atoms with Gasteiger partial charge in [-0.25, -0.2) is 0 Å². The van der Waals surface area contributed by atoms with Crippen molar-refractivity contribution < 1.29 is 24.5 Å². The van der Waals surface area contributed by atoms with Crippen LogP contribution >= 0.6 is 0 Å². The normalized spacial score (nSPS) is 12.5. The number of hydrogen-bond acceptors (Lipinski definition) is 5. The van der Waals surface area contributed by atoms with Gasteiger partial charge in [0.25, 0.3) is 0 Å². The van der Waals surface area contributed by atoms with Crippen molar-refractivity contribution in [3.05, 3.63) is 0 Å². The largest absolute Gasteiger partial charge is 0.466 e. The van der Waals surface area contributed by atoms with E-state index in [0.717, 1.165) is 51.4 Å². The van der Waals surface area contributed by atoms with E-state index in [4.69, 9.17) is 4.74 Å². The summed E-state index contributed by atoms with van der Waals surface area (Å²) in [6.07, 6.45) is 57.9. The lowest BCUT2D eigenvalue weighted by atomic mass is 10.0. The van der Waals surface area contributed by atoms with Gasteiger partial charge in [0.2, 0.25) is 5.91 Å². The minimum atomic E-state index is -0.671. The number of aliphatic hydroxyl groups excluding tert-OH is 2. The standard InChI is InChI=1S/C55H109NO5/c1-3-5-7-9-11-13-15-17-18-19-20-21-24-27-31-35-39-43-47-53(58)52(51-57)56-54(59)48-44-40-36-32-28-25-22-26-30-34-38-42-46-50-61-55(60)49-45-41-37-33-29-23-16-14-12-10-8-6-4-2/h52-53,57-58H,3-51H2,1-2H3,(H,56,59). The Hall–Kier alpha value is -1.14. The van der Waals surface area contributed by atoms with Crippen LogP contribution in [0.15, 0.2) is 0 Å². The van der Waals surface area contributed by atoms with E-state index in [1.165, 1.54) is 231 Å². The summed E-state index contributed by atoms with van der Waals surface area (Å²) >= 11 is 0. The molecule has 0 saturated heterocycles. The second-order valence-electron chi connectivity index (χ2n) is 19.3. The second-order valence-corrected chi connectivity index (χ2v) is 19.3. The summed E-state index contributed by atoms with van der Waals surface area (Å²) in [5, 5.41) is 23.3. The van der Waals surface area contributed by atoms with Crippen molar-refractivity contribution >= 4 is 11.9 Å². The Balaban J connectivity index is 3.44. The Morgan fingerprint density at radius 3 is 1.00 bits per heavy atom. The SMILES string of the molecule is CCCCCCCCCCCCCCCCCCCCC(O)C(CO)NC(=O)CCCCCCCCCCCCCCCOC(=O)CCCCCCCCCCCCCCC. The van der Waals surface area contributed by atoms with Gasteiger partial charge in [-0.15, -0.1) is 0 Å². The summed E-state index contributed by atoms with van der Waals surface area (Å²) in [6.45, 7) is 4.95. The highest BCUT2D eigenvalue weighted by Gasteiger charge is 2.20. The Morgan fingerprint density at radius 1 is 0.393 bits per heavy atom. The number of rotatable bonds is 52. The van der Waals surface area contributed by atoms with Crippen LogP contribution in [0.5, 0.6) is 0 Å². The molecule has 0 aliphatic heterocycles. The van der Waals surface area contributed by atoms with Crippen LogP contribution in [0.4, 0.5) is 0 Å². The molecular weight excluding hydrogens is 755 g/mol. The van der Waals surface area contributed by atoms with E-state index in [-0.39, 0.29) is 18.5 Å². The lowest BCUT2D eigenvalue weighted by Gasteiger charge is -2.22. The smallest absolute Gasteiger partial charge is 0.305 e. The summed E-state index contributed by atoms with van der Waals surface area (Å²) in [4.78, 5) is 24.5. The first-order chi connectivity index (χ1) is 30.0. The Bertz CT molecular complexity index is 867. The predicted octanol–water partition coefficient (Wildman–Crippen LogP) is 16.7. The maximum absolute atomic E-state index is 12.5. The molecule has 2 atom stereocenters. The van der Waals surface area contributed by atoms with Gasteiger partial charge in [0.05, 0.1) is 25.4 Å². The number of unbranched alkanes of at least 4 members (excludes halogenated alkanes) is 41. The van der Waals surface area contributed by atoms with Crippen molar-refractivity contribution in [1.29, 1.82) is 0 Å². The molecule has 2 unspecified atom stereocenters. The molecule has 0 bridgehead atoms. The second kappa shape index (κ2) is 51.5. The first-order valence-electron chi connectivity index (χ1n) is 27.8. The Kier molecular flexibility index (Phi) is 50.5. The van der Waals surface area contributed by atoms with E-state index < -0.39 is 12.1 Å². The van der Waals surface area contributed by atoms with Crippen molar-refractivity contribution in [3.8, 4) is 0 Å². The molecule has 364 valence electrons. The fourth-order valence-electron chi connectivity index (χ4n) is 8.88. The number of nitrogens with one attached hydrogen (secondary N) is 1. The molecule has 0 saturated carbocycles. The molecule has 3 N–H and O–H groups in total. The highest BCUT2D eigenvalue weighted by molar-refractivity contribution is 5.76. The van der Waals surface area contributed by atoms with E-state index in [1.54, 1.807) is 0 Å². The van der Waals surface area contributed by atoms with Gasteiger partial charge in [-0.2, -0.15) is 0 Å². The molecule has 0 fully saturated rings. The van der Waals surface area contributed by atoms with Crippen LogP contribution < -0.4 is 5.32 Å². The molecule has 0 aromatic rings. The molecule has 1 amide bonds. The Morgan fingerprint density at radius 2 is 0.672 bits per heavy atom. The van der Waals surface area contributed by atoms with Crippen LogP contribution in [-0.2, 0) is 14.3 Å². The summed E-state index contributed by atoms with van der Waals surface area (Å²) in [5.74, 6) is -0.0472. The minimum Gasteiger partial charge on any atom is -0.466 e. The number of hydrogen-bond donors (Lipinski definition) is 3. The van der Waals surface area contributed by atoms with E-state index in [9.17, 15) is 19.8 Å². The number of aliphatic hydroxyl groups is 2. The van der Waals surface area contributed by atoms with Crippen LogP contribution in [0.3, 0.4) is 0 Å². The predicted molar refractivity (Wildman–Crippen MR) is 264 cm³/mol. The zero-order valence-electron chi connectivity index (χ0n) is 41.4. The molecule has 6 nitrogen and oxygen atoms in total. The van der Waals surface area contributed by atoms with Crippen LogP contribution in [0.2, 0.25) is 0 Å². The Labute approximate surface area is 381 Å². The molecule has 0 radical (unpaired) electrons. The molecule has 0 aromatic heterocycles. The third kappa shape index (κ3) is 48.2. The van der Waals surface area contributed by atoms with Crippen molar-refractivity contribution in [3.63, 3.8) is 0 Å². The minimum absolute atomic E-state index is 0.00285. The molecule has 0 heterocycles. The van der Waals surface area contributed by atoms with Crippen molar-refractivity contribution in [1.82, 2.24) is 5.32 Å². The summed E-state index contributed by atoms with van der Waals surface area (Å²) in [6, 6.07) is -0.550. The fraction of sp³-hybridized carbons (Fsp3) is 0.964. The van der Waals surface area contributed by atoms with Crippen molar-refractivity contribution in [2.75, 3.05) is 13.2 Å². The van der Waals surface area contributed by atoms with Gasteiger partial charge in [-0.05, 0) is 25.7 Å². The molecule has 6 heteroatoms. The molecular formula is C55H109NO5. The summed E-state index contributed by atoms with van der Waals surface area (Å²) in [5.41, 5.74) is 0. The molecule has 0 aliphatic rings. The van der Waals surface area contributed by atoms with Gasteiger partial charge in [0.1, 0.15) is 0 Å². The number of esters is 1. The van der Waals surface area contributed by atoms with Gasteiger partial charge < -0.3 is 20.3 Å². The van der Waals surface area contributed by atoms with Crippen molar-refractivity contribution in [2.45, 2.75) is 328 Å². The zero-order chi connectivity index (χ0) is 44.4. The zero-order valence-corrected chi connectivity index (χ0v) is 41.4. The van der Waals surface area contributed by atoms with Gasteiger partial charge >= 0.3 is 5.97 Å². The summed E-state index contributed by atoms with van der Waals surface area (Å²) in [7, 11) is 0. The van der Waals surface area contributed by atoms with Gasteiger partial charge in [-0.1, -0.05) is 277 Å². The van der Waals surface area contributed by atoms with E-state index in [0.29, 0.717) is 25.9 Å². The van der Waals surface area contributed by atoms with E-state index >= 15 is 0 Å². The number of carbonyl (C=O) groups is 2. The molecule has 0 spiro atoms. The molecule has 61 heavy (non-hydrogen) atoms. The average molecular weight is 864 g/mol. The molecule has 0 aliphatic carbocycles. The van der Waals surface area contributed by atoms with Gasteiger partial charge in [-0.3, -0.25) is 9.59 Å². The topological polar surface area (TPSA) is 95.9 Å². The lowest BCUT2D eigenvalue weighted by molar-refractivity contribution is -0.143. The third-order valence-corrected chi connectivity index (χ3v) is 13.2. The van der Waals surface area contributed by atoms with Gasteiger partial charge in [0.15, 0.2) is 0 Å². The maximum atomic E-state index is 12.5. The summed E-state index contributed by atoms with van der Waals surface area (Å²) < 4.78 is 5.46.